The van der Waals surface area contributed by atoms with Crippen molar-refractivity contribution in [3.8, 4) is 0 Å². The highest BCUT2D eigenvalue weighted by molar-refractivity contribution is 7.19. The van der Waals surface area contributed by atoms with E-state index in [0.29, 0.717) is 5.56 Å². The van der Waals surface area contributed by atoms with Crippen molar-refractivity contribution in [1.29, 1.82) is 0 Å². The van der Waals surface area contributed by atoms with Crippen molar-refractivity contribution < 1.29 is 8.78 Å². The molecule has 0 bridgehead atoms. The molecule has 3 N–H and O–H groups in total. The third kappa shape index (κ3) is 2.44. The van der Waals surface area contributed by atoms with Gasteiger partial charge in [-0.2, -0.15) is 0 Å². The number of hydrogen-bond donors (Lipinski definition) is 2. The van der Waals surface area contributed by atoms with Crippen LogP contribution in [-0.2, 0) is 0 Å². The first-order valence-electron chi connectivity index (χ1n) is 6.51. The zero-order chi connectivity index (χ0) is 15.0. The smallest absolute Gasteiger partial charge is 0.134 e. The molecular weight excluding hydrogens is 290 g/mol. The lowest BCUT2D eigenvalue weighted by molar-refractivity contribution is 0.509. The van der Waals surface area contributed by atoms with Crippen LogP contribution in [0.15, 0.2) is 42.5 Å². The molecule has 0 aliphatic carbocycles. The lowest BCUT2D eigenvalue weighted by Gasteiger charge is -2.17. The van der Waals surface area contributed by atoms with E-state index in [1.165, 1.54) is 23.5 Å². The monoisotopic (exact) mass is 304 g/mol. The van der Waals surface area contributed by atoms with Gasteiger partial charge in [-0.05, 0) is 36.1 Å². The van der Waals surface area contributed by atoms with Gasteiger partial charge >= 0.3 is 0 Å². The first-order chi connectivity index (χ1) is 10.1. The van der Waals surface area contributed by atoms with Crippen molar-refractivity contribution in [2.75, 3.05) is 0 Å². The van der Waals surface area contributed by atoms with Crippen LogP contribution in [0.25, 0.3) is 10.1 Å². The summed E-state index contributed by atoms with van der Waals surface area (Å²) in [5.74, 6) is 4.41. The second-order valence-corrected chi connectivity index (χ2v) is 5.99. The highest BCUT2D eigenvalue weighted by atomic mass is 32.1. The number of thiophene rings is 1. The zero-order valence-corrected chi connectivity index (χ0v) is 12.2. The molecule has 3 rings (SSSR count). The Balaban J connectivity index is 2.16. The van der Waals surface area contributed by atoms with Gasteiger partial charge in [0.2, 0.25) is 0 Å². The SMILES string of the molecule is Cc1ccc(F)c(C(NN)c2cc3ccccc3s2)c1F. The van der Waals surface area contributed by atoms with Gasteiger partial charge in [-0.25, -0.2) is 14.2 Å². The molecule has 1 unspecified atom stereocenters. The predicted molar refractivity (Wildman–Crippen MR) is 82.1 cm³/mol. The van der Waals surface area contributed by atoms with Crippen LogP contribution < -0.4 is 11.3 Å². The quantitative estimate of drug-likeness (QED) is 0.566. The maximum absolute atomic E-state index is 14.3. The largest absolute Gasteiger partial charge is 0.271 e. The molecule has 108 valence electrons. The highest BCUT2D eigenvalue weighted by Crippen LogP contribution is 2.35. The minimum absolute atomic E-state index is 0.0379. The van der Waals surface area contributed by atoms with Crippen molar-refractivity contribution in [2.45, 2.75) is 13.0 Å². The third-order valence-electron chi connectivity index (χ3n) is 3.50. The number of hydrogen-bond acceptors (Lipinski definition) is 3. The molecule has 0 saturated heterocycles. The zero-order valence-electron chi connectivity index (χ0n) is 11.4. The van der Waals surface area contributed by atoms with Gasteiger partial charge < -0.3 is 0 Å². The Bertz CT molecular complexity index is 765. The van der Waals surface area contributed by atoms with E-state index in [1.807, 2.05) is 30.3 Å². The summed E-state index contributed by atoms with van der Waals surface area (Å²) >= 11 is 1.47. The van der Waals surface area contributed by atoms with Gasteiger partial charge in [-0.15, -0.1) is 11.3 Å². The van der Waals surface area contributed by atoms with Gasteiger partial charge in [0.25, 0.3) is 0 Å². The number of rotatable bonds is 3. The number of benzene rings is 2. The average Bonchev–Trinajstić information content (AvgIpc) is 2.91. The summed E-state index contributed by atoms with van der Waals surface area (Å²) in [5, 5.41) is 1.03. The molecule has 5 heteroatoms. The van der Waals surface area contributed by atoms with Crippen molar-refractivity contribution >= 4 is 21.4 Å². The second kappa shape index (κ2) is 5.52. The number of aryl methyl sites for hydroxylation is 1. The van der Waals surface area contributed by atoms with Crippen LogP contribution in [0.3, 0.4) is 0 Å². The summed E-state index contributed by atoms with van der Waals surface area (Å²) in [7, 11) is 0. The summed E-state index contributed by atoms with van der Waals surface area (Å²) < 4.78 is 29.4. The maximum Gasteiger partial charge on any atom is 0.134 e. The normalized spacial score (nSPS) is 12.8. The maximum atomic E-state index is 14.3. The van der Waals surface area contributed by atoms with E-state index in [9.17, 15) is 8.78 Å². The van der Waals surface area contributed by atoms with E-state index in [1.54, 1.807) is 6.92 Å². The molecule has 0 amide bonds. The molecule has 21 heavy (non-hydrogen) atoms. The fourth-order valence-electron chi connectivity index (χ4n) is 2.40. The molecule has 0 aliphatic rings. The lowest BCUT2D eigenvalue weighted by atomic mass is 10.0. The summed E-state index contributed by atoms with van der Waals surface area (Å²) in [4.78, 5) is 0.780. The summed E-state index contributed by atoms with van der Waals surface area (Å²) in [5.41, 5.74) is 2.89. The lowest BCUT2D eigenvalue weighted by Crippen LogP contribution is -2.30. The second-order valence-electron chi connectivity index (χ2n) is 4.88. The molecule has 1 heterocycles. The number of nitrogens with two attached hydrogens (primary N) is 1. The highest BCUT2D eigenvalue weighted by Gasteiger charge is 2.23. The van der Waals surface area contributed by atoms with Gasteiger partial charge in [0.1, 0.15) is 11.6 Å². The fraction of sp³-hybridized carbons (Fsp3) is 0.125. The van der Waals surface area contributed by atoms with Gasteiger partial charge in [0.15, 0.2) is 0 Å². The van der Waals surface area contributed by atoms with Gasteiger partial charge in [-0.3, -0.25) is 5.84 Å². The minimum Gasteiger partial charge on any atom is -0.271 e. The Morgan fingerprint density at radius 2 is 1.90 bits per heavy atom. The van der Waals surface area contributed by atoms with Gasteiger partial charge in [-0.1, -0.05) is 24.3 Å². The Labute approximate surface area is 125 Å². The molecule has 0 saturated carbocycles. The molecule has 0 radical (unpaired) electrons. The van der Waals surface area contributed by atoms with Crippen LogP contribution >= 0.6 is 11.3 Å². The van der Waals surface area contributed by atoms with Crippen molar-refractivity contribution in [3.05, 3.63) is 70.1 Å². The summed E-state index contributed by atoms with van der Waals surface area (Å²) in [6.07, 6.45) is 0. The number of halogens is 2. The van der Waals surface area contributed by atoms with Gasteiger partial charge in [0, 0.05) is 15.1 Å². The number of hydrazine groups is 1. The van der Waals surface area contributed by atoms with E-state index in [2.05, 4.69) is 5.43 Å². The first-order valence-corrected chi connectivity index (χ1v) is 7.32. The number of nitrogens with one attached hydrogen (secondary N) is 1. The van der Waals surface area contributed by atoms with Crippen LogP contribution in [0, 0.1) is 18.6 Å². The van der Waals surface area contributed by atoms with Crippen LogP contribution in [0.5, 0.6) is 0 Å². The Hall–Kier alpha value is -1.82. The van der Waals surface area contributed by atoms with E-state index in [-0.39, 0.29) is 5.56 Å². The van der Waals surface area contributed by atoms with Crippen LogP contribution in [-0.4, -0.2) is 0 Å². The van der Waals surface area contributed by atoms with Crippen LogP contribution in [0.4, 0.5) is 8.78 Å². The summed E-state index contributed by atoms with van der Waals surface area (Å²) in [6.45, 7) is 1.61. The van der Waals surface area contributed by atoms with E-state index in [4.69, 9.17) is 5.84 Å². The molecule has 2 aromatic carbocycles. The predicted octanol–water partition coefficient (Wildman–Crippen LogP) is 4.04. The van der Waals surface area contributed by atoms with Crippen LogP contribution in [0.2, 0.25) is 0 Å². The van der Waals surface area contributed by atoms with Crippen LogP contribution in [0.1, 0.15) is 22.0 Å². The molecule has 2 nitrogen and oxygen atoms in total. The van der Waals surface area contributed by atoms with Crippen molar-refractivity contribution in [2.24, 2.45) is 5.84 Å². The molecule has 0 spiro atoms. The fourth-order valence-corrected chi connectivity index (χ4v) is 3.53. The van der Waals surface area contributed by atoms with Crippen molar-refractivity contribution in [3.63, 3.8) is 0 Å². The third-order valence-corrected chi connectivity index (χ3v) is 4.69. The minimum atomic E-state index is -0.706. The Morgan fingerprint density at radius 1 is 1.14 bits per heavy atom. The van der Waals surface area contributed by atoms with Gasteiger partial charge in [0.05, 0.1) is 6.04 Å². The molecule has 0 fully saturated rings. The van der Waals surface area contributed by atoms with E-state index < -0.39 is 17.7 Å². The molecule has 1 atom stereocenters. The molecule has 1 aromatic heterocycles. The van der Waals surface area contributed by atoms with E-state index in [0.717, 1.165) is 15.0 Å². The standard InChI is InChI=1S/C16H14F2N2S/c1-9-6-7-11(17)14(15(9)18)16(20-19)13-8-10-4-2-3-5-12(10)21-13/h2-8,16,20H,19H2,1H3. The summed E-state index contributed by atoms with van der Waals surface area (Å²) in [6, 6.07) is 11.7. The van der Waals surface area contributed by atoms with Crippen molar-refractivity contribution in [1.82, 2.24) is 5.43 Å². The topological polar surface area (TPSA) is 38.0 Å². The average molecular weight is 304 g/mol. The van der Waals surface area contributed by atoms with E-state index >= 15 is 0 Å². The molecular formula is C16H14F2N2S. The Morgan fingerprint density at radius 3 is 2.62 bits per heavy atom. The number of fused-ring (bicyclic) bond motifs is 1. The first kappa shape index (κ1) is 14.1. The molecule has 0 aliphatic heterocycles. The molecule has 3 aromatic rings. The Kier molecular flexibility index (Phi) is 3.71.